The second-order valence-electron chi connectivity index (χ2n) is 5.14. The molecule has 5 nitrogen and oxygen atoms in total. The van der Waals surface area contributed by atoms with Crippen molar-refractivity contribution < 1.29 is 14.7 Å². The Labute approximate surface area is 128 Å². The van der Waals surface area contributed by atoms with Crippen LogP contribution >= 0.6 is 11.8 Å². The summed E-state index contributed by atoms with van der Waals surface area (Å²) in [6.07, 6.45) is 0. The quantitative estimate of drug-likeness (QED) is 0.899. The van der Waals surface area contributed by atoms with Gasteiger partial charge in [0.25, 0.3) is 0 Å². The Bertz CT molecular complexity index is 509. The van der Waals surface area contributed by atoms with E-state index in [1.807, 2.05) is 24.8 Å². The molecule has 21 heavy (non-hydrogen) atoms. The normalized spacial score (nSPS) is 23.4. The topological polar surface area (TPSA) is 69.6 Å². The molecule has 0 radical (unpaired) electrons. The Morgan fingerprint density at radius 2 is 2.00 bits per heavy atom. The molecule has 0 spiro atoms. The average molecular weight is 308 g/mol. The predicted molar refractivity (Wildman–Crippen MR) is 83.4 cm³/mol. The summed E-state index contributed by atoms with van der Waals surface area (Å²) in [5, 5.41) is 12.3. The summed E-state index contributed by atoms with van der Waals surface area (Å²) in [5.41, 5.74) is 0.574. The second-order valence-corrected chi connectivity index (χ2v) is 6.63. The number of thioether (sulfide) groups is 1. The second kappa shape index (κ2) is 6.85. The third-order valence-corrected chi connectivity index (χ3v) is 5.13. The lowest BCUT2D eigenvalue weighted by atomic mass is 10.1. The highest BCUT2D eigenvalue weighted by atomic mass is 32.2. The zero-order chi connectivity index (χ0) is 15.4. The molecule has 0 saturated carbocycles. The van der Waals surface area contributed by atoms with Crippen molar-refractivity contribution in [3.63, 3.8) is 0 Å². The van der Waals surface area contributed by atoms with E-state index in [0.717, 1.165) is 5.75 Å². The number of hydrogen-bond acceptors (Lipinski definition) is 3. The number of rotatable bonds is 3. The van der Waals surface area contributed by atoms with Crippen LogP contribution in [-0.4, -0.2) is 45.6 Å². The molecule has 0 aliphatic carbocycles. The molecule has 1 saturated heterocycles. The molecular weight excluding hydrogens is 288 g/mol. The predicted octanol–water partition coefficient (Wildman–Crippen LogP) is 2.35. The molecule has 1 fully saturated rings. The van der Waals surface area contributed by atoms with Gasteiger partial charge in [0.15, 0.2) is 6.04 Å². The highest BCUT2D eigenvalue weighted by Gasteiger charge is 2.31. The van der Waals surface area contributed by atoms with Crippen LogP contribution in [0.1, 0.15) is 25.5 Å². The van der Waals surface area contributed by atoms with Crippen LogP contribution < -0.4 is 5.32 Å². The van der Waals surface area contributed by atoms with Crippen LogP contribution in [-0.2, 0) is 4.79 Å². The lowest BCUT2D eigenvalue weighted by Crippen LogP contribution is -2.53. The number of carboxylic acid groups (broad SMARTS) is 1. The SMILES string of the molecule is CC1SCCN(C(=O)N[C@H](C(=O)O)c2ccccc2)C1C. The molecule has 1 heterocycles. The van der Waals surface area contributed by atoms with E-state index in [2.05, 4.69) is 12.2 Å². The van der Waals surface area contributed by atoms with Crippen molar-refractivity contribution in [1.82, 2.24) is 10.2 Å². The van der Waals surface area contributed by atoms with Gasteiger partial charge in [-0.1, -0.05) is 37.3 Å². The molecule has 2 amide bonds. The third-order valence-electron chi connectivity index (χ3n) is 3.79. The molecule has 114 valence electrons. The van der Waals surface area contributed by atoms with Crippen LogP contribution in [0.5, 0.6) is 0 Å². The summed E-state index contributed by atoms with van der Waals surface area (Å²) in [5.74, 6) is -0.177. The Hall–Kier alpha value is -1.69. The summed E-state index contributed by atoms with van der Waals surface area (Å²) >= 11 is 1.83. The highest BCUT2D eigenvalue weighted by Crippen LogP contribution is 2.24. The molecule has 1 aliphatic rings. The van der Waals surface area contributed by atoms with Crippen LogP contribution in [0.4, 0.5) is 4.79 Å². The lowest BCUT2D eigenvalue weighted by Gasteiger charge is -2.37. The first-order chi connectivity index (χ1) is 10.0. The number of benzene rings is 1. The Morgan fingerprint density at radius 3 is 2.62 bits per heavy atom. The number of nitrogens with one attached hydrogen (secondary N) is 1. The van der Waals surface area contributed by atoms with Gasteiger partial charge in [-0.2, -0.15) is 11.8 Å². The maximum Gasteiger partial charge on any atom is 0.330 e. The van der Waals surface area contributed by atoms with Gasteiger partial charge in [-0.3, -0.25) is 0 Å². The average Bonchev–Trinajstić information content (AvgIpc) is 2.48. The Balaban J connectivity index is 2.10. The van der Waals surface area contributed by atoms with E-state index < -0.39 is 12.0 Å². The van der Waals surface area contributed by atoms with E-state index in [0.29, 0.717) is 17.4 Å². The summed E-state index contributed by atoms with van der Waals surface area (Å²) in [7, 11) is 0. The number of carbonyl (C=O) groups is 2. The van der Waals surface area contributed by atoms with Crippen molar-refractivity contribution in [1.29, 1.82) is 0 Å². The van der Waals surface area contributed by atoms with E-state index in [1.165, 1.54) is 0 Å². The van der Waals surface area contributed by atoms with Gasteiger partial charge in [0.1, 0.15) is 0 Å². The first kappa shape index (κ1) is 15.7. The van der Waals surface area contributed by atoms with E-state index in [4.69, 9.17) is 0 Å². The van der Waals surface area contributed by atoms with E-state index in [9.17, 15) is 14.7 Å². The van der Waals surface area contributed by atoms with Crippen LogP contribution in [0.2, 0.25) is 0 Å². The molecule has 6 heteroatoms. The van der Waals surface area contributed by atoms with E-state index in [1.54, 1.807) is 29.2 Å². The smallest absolute Gasteiger partial charge is 0.330 e. The van der Waals surface area contributed by atoms with Crippen molar-refractivity contribution in [2.75, 3.05) is 12.3 Å². The zero-order valence-electron chi connectivity index (χ0n) is 12.2. The number of amides is 2. The van der Waals surface area contributed by atoms with Gasteiger partial charge in [0.2, 0.25) is 0 Å². The summed E-state index contributed by atoms with van der Waals surface area (Å²) < 4.78 is 0. The summed E-state index contributed by atoms with van der Waals surface area (Å²) in [6.45, 7) is 4.72. The number of urea groups is 1. The largest absolute Gasteiger partial charge is 0.479 e. The molecule has 1 aromatic carbocycles. The fraction of sp³-hybridized carbons (Fsp3) is 0.467. The van der Waals surface area contributed by atoms with E-state index in [-0.39, 0.29) is 12.1 Å². The van der Waals surface area contributed by atoms with Crippen molar-refractivity contribution in [3.8, 4) is 0 Å². The monoisotopic (exact) mass is 308 g/mol. The molecule has 0 bridgehead atoms. The molecule has 1 aromatic rings. The number of carboxylic acids is 1. The van der Waals surface area contributed by atoms with Gasteiger partial charge in [-0.25, -0.2) is 9.59 Å². The molecule has 2 unspecified atom stereocenters. The fourth-order valence-corrected chi connectivity index (χ4v) is 3.46. The van der Waals surface area contributed by atoms with Gasteiger partial charge in [-0.05, 0) is 12.5 Å². The third kappa shape index (κ3) is 3.69. The van der Waals surface area contributed by atoms with Crippen LogP contribution in [0.3, 0.4) is 0 Å². The molecule has 1 aliphatic heterocycles. The van der Waals surface area contributed by atoms with Gasteiger partial charge < -0.3 is 15.3 Å². The van der Waals surface area contributed by atoms with Crippen molar-refractivity contribution in [2.24, 2.45) is 0 Å². The zero-order valence-corrected chi connectivity index (χ0v) is 13.0. The van der Waals surface area contributed by atoms with Crippen molar-refractivity contribution in [3.05, 3.63) is 35.9 Å². The lowest BCUT2D eigenvalue weighted by molar-refractivity contribution is -0.139. The van der Waals surface area contributed by atoms with E-state index >= 15 is 0 Å². The first-order valence-electron chi connectivity index (χ1n) is 6.97. The number of aliphatic carboxylic acids is 1. The van der Waals surface area contributed by atoms with Gasteiger partial charge in [-0.15, -0.1) is 0 Å². The maximum atomic E-state index is 12.4. The van der Waals surface area contributed by atoms with Gasteiger partial charge in [0.05, 0.1) is 0 Å². The molecule has 0 aromatic heterocycles. The molecule has 2 rings (SSSR count). The standard InChI is InChI=1S/C15H20N2O3S/c1-10-11(2)21-9-8-17(10)15(20)16-13(14(18)19)12-6-4-3-5-7-12/h3-7,10-11,13H,8-9H2,1-2H3,(H,16,20)(H,18,19)/t10?,11?,13-/m0/s1. The number of hydrogen-bond donors (Lipinski definition) is 2. The summed E-state index contributed by atoms with van der Waals surface area (Å²) in [6, 6.07) is 7.51. The van der Waals surface area contributed by atoms with Gasteiger partial charge >= 0.3 is 12.0 Å². The van der Waals surface area contributed by atoms with Crippen molar-refractivity contribution >= 4 is 23.8 Å². The highest BCUT2D eigenvalue weighted by molar-refractivity contribution is 8.00. The Kier molecular flexibility index (Phi) is 5.12. The molecule has 2 N–H and O–H groups in total. The van der Waals surface area contributed by atoms with Gasteiger partial charge in [0, 0.05) is 23.6 Å². The minimum Gasteiger partial charge on any atom is -0.479 e. The Morgan fingerprint density at radius 1 is 1.33 bits per heavy atom. The van der Waals surface area contributed by atoms with Crippen LogP contribution in [0.25, 0.3) is 0 Å². The first-order valence-corrected chi connectivity index (χ1v) is 8.02. The molecular formula is C15H20N2O3S. The number of carbonyl (C=O) groups excluding carboxylic acids is 1. The number of nitrogens with zero attached hydrogens (tertiary/aromatic N) is 1. The minimum absolute atomic E-state index is 0.0916. The van der Waals surface area contributed by atoms with Crippen LogP contribution in [0, 0.1) is 0 Å². The molecule has 3 atom stereocenters. The van der Waals surface area contributed by atoms with Crippen LogP contribution in [0.15, 0.2) is 30.3 Å². The summed E-state index contributed by atoms with van der Waals surface area (Å²) in [4.78, 5) is 25.5. The minimum atomic E-state index is -1.05. The maximum absolute atomic E-state index is 12.4. The fourth-order valence-electron chi connectivity index (χ4n) is 2.36. The van der Waals surface area contributed by atoms with Crippen molar-refractivity contribution in [2.45, 2.75) is 31.2 Å².